The highest BCUT2D eigenvalue weighted by Crippen LogP contribution is 2.45. The van der Waals surface area contributed by atoms with Gasteiger partial charge in [-0.2, -0.15) is 13.2 Å². The van der Waals surface area contributed by atoms with Crippen molar-refractivity contribution in [1.29, 1.82) is 0 Å². The monoisotopic (exact) mass is 464 g/mol. The van der Waals surface area contributed by atoms with E-state index in [-0.39, 0.29) is 18.0 Å². The van der Waals surface area contributed by atoms with Gasteiger partial charge in [0.15, 0.2) is 0 Å². The summed E-state index contributed by atoms with van der Waals surface area (Å²) in [6, 6.07) is 28.5. The van der Waals surface area contributed by atoms with Gasteiger partial charge in [0.25, 0.3) is 0 Å². The van der Waals surface area contributed by atoms with E-state index in [1.165, 1.54) is 11.1 Å². The average Bonchev–Trinajstić information content (AvgIpc) is 2.85. The topological polar surface area (TPSA) is 6.48 Å². The summed E-state index contributed by atoms with van der Waals surface area (Å²) in [6.07, 6.45) is -2.96. The first-order valence-corrected chi connectivity index (χ1v) is 12.1. The maximum Gasteiger partial charge on any atom is 0.393 e. The number of para-hydroxylation sites is 1. The smallest absolute Gasteiger partial charge is 0.369 e. The molecule has 3 heterocycles. The zero-order valence-electron chi connectivity index (χ0n) is 19.5. The highest BCUT2D eigenvalue weighted by atomic mass is 19.4. The Bertz CT molecular complexity index is 1040. The number of fused-ring (bicyclic) bond motifs is 3. The van der Waals surface area contributed by atoms with Gasteiger partial charge in [0, 0.05) is 30.7 Å². The van der Waals surface area contributed by atoms with Crippen LogP contribution in [0.15, 0.2) is 84.9 Å². The van der Waals surface area contributed by atoms with Gasteiger partial charge in [-0.05, 0) is 54.6 Å². The van der Waals surface area contributed by atoms with Gasteiger partial charge in [0.05, 0.1) is 6.42 Å². The Balaban J connectivity index is 1.59. The van der Waals surface area contributed by atoms with Crippen molar-refractivity contribution in [3.8, 4) is 0 Å². The molecule has 6 rings (SSSR count). The van der Waals surface area contributed by atoms with E-state index in [0.29, 0.717) is 17.2 Å². The van der Waals surface area contributed by atoms with Crippen LogP contribution in [0.3, 0.4) is 0 Å². The van der Waals surface area contributed by atoms with E-state index in [0.717, 1.165) is 25.9 Å². The number of piperidine rings is 3. The summed E-state index contributed by atoms with van der Waals surface area (Å²) in [7, 11) is 2.00. The van der Waals surface area contributed by atoms with Crippen molar-refractivity contribution in [2.45, 2.75) is 43.4 Å². The third-order valence-electron chi connectivity index (χ3n) is 7.70. The summed E-state index contributed by atoms with van der Waals surface area (Å²) in [5, 5.41) is 0. The highest BCUT2D eigenvalue weighted by Gasteiger charge is 2.48. The molecule has 3 aromatic rings. The molecule has 0 spiro atoms. The number of alkyl halides is 3. The van der Waals surface area contributed by atoms with Crippen LogP contribution in [-0.2, 0) is 6.42 Å². The third-order valence-corrected chi connectivity index (χ3v) is 7.70. The molecular formula is C29H31F3N2. The number of anilines is 1. The van der Waals surface area contributed by atoms with Gasteiger partial charge in [-0.15, -0.1) is 0 Å². The first-order chi connectivity index (χ1) is 16.4. The van der Waals surface area contributed by atoms with E-state index in [2.05, 4.69) is 58.3 Å². The van der Waals surface area contributed by atoms with Crippen molar-refractivity contribution in [1.82, 2.24) is 4.90 Å². The predicted octanol–water partition coefficient (Wildman–Crippen LogP) is 6.52. The zero-order chi connectivity index (χ0) is 23.7. The lowest BCUT2D eigenvalue weighted by atomic mass is 9.70. The number of benzene rings is 3. The van der Waals surface area contributed by atoms with Gasteiger partial charge in [-0.1, -0.05) is 78.9 Å². The summed E-state index contributed by atoms with van der Waals surface area (Å²) < 4.78 is 40.2. The SMILES string of the molecule is CN(c1ccccc1CC(F)(F)F)[C@@H]1C2CCN(CC2)[C@@H]1C(c1ccccc1)c1ccccc1. The molecule has 3 aromatic carbocycles. The molecule has 0 radical (unpaired) electrons. The molecule has 2 bridgehead atoms. The molecular weight excluding hydrogens is 433 g/mol. The first kappa shape index (κ1) is 23.0. The van der Waals surface area contributed by atoms with Gasteiger partial charge in [-0.25, -0.2) is 0 Å². The fraction of sp³-hybridized carbons (Fsp3) is 0.379. The Morgan fingerprint density at radius 1 is 0.824 bits per heavy atom. The van der Waals surface area contributed by atoms with Crippen LogP contribution in [0.2, 0.25) is 0 Å². The Morgan fingerprint density at radius 3 is 1.91 bits per heavy atom. The van der Waals surface area contributed by atoms with Crippen molar-refractivity contribution >= 4 is 5.69 Å². The fourth-order valence-corrected chi connectivity index (χ4v) is 6.30. The van der Waals surface area contributed by atoms with Crippen LogP contribution in [-0.4, -0.2) is 43.3 Å². The minimum Gasteiger partial charge on any atom is -0.369 e. The predicted molar refractivity (Wildman–Crippen MR) is 131 cm³/mol. The van der Waals surface area contributed by atoms with Gasteiger partial charge in [0.1, 0.15) is 0 Å². The molecule has 0 aliphatic carbocycles. The van der Waals surface area contributed by atoms with Crippen LogP contribution in [0.4, 0.5) is 18.9 Å². The highest BCUT2D eigenvalue weighted by molar-refractivity contribution is 5.55. The lowest BCUT2D eigenvalue weighted by Gasteiger charge is -2.57. The van der Waals surface area contributed by atoms with E-state index in [1.54, 1.807) is 12.1 Å². The third kappa shape index (κ3) is 4.58. The molecule has 5 heteroatoms. The molecule has 3 aliphatic heterocycles. The maximum atomic E-state index is 13.4. The molecule has 3 saturated heterocycles. The van der Waals surface area contributed by atoms with Crippen LogP contribution >= 0.6 is 0 Å². The summed E-state index contributed by atoms with van der Waals surface area (Å²) in [5.74, 6) is 0.599. The molecule has 0 saturated carbocycles. The maximum absolute atomic E-state index is 13.4. The van der Waals surface area contributed by atoms with Gasteiger partial charge in [0.2, 0.25) is 0 Å². The average molecular weight is 465 g/mol. The molecule has 178 valence electrons. The van der Waals surface area contributed by atoms with E-state index in [1.807, 2.05) is 31.3 Å². The molecule has 3 aliphatic rings. The standard InChI is InChI=1S/C29H31F3N2/c1-33(25-15-9-8-14-24(25)20-29(30,31)32)27-23-16-18-34(19-17-23)28(27)26(21-10-4-2-5-11-21)22-12-6-3-7-13-22/h2-15,23,26-28H,16-20H2,1H3/t27-,28-/m1/s1. The molecule has 0 aromatic heterocycles. The minimum atomic E-state index is -4.23. The Kier molecular flexibility index (Phi) is 6.39. The number of rotatable bonds is 6. The zero-order valence-corrected chi connectivity index (χ0v) is 19.5. The summed E-state index contributed by atoms with van der Waals surface area (Å²) >= 11 is 0. The quantitative estimate of drug-likeness (QED) is 0.410. The summed E-state index contributed by atoms with van der Waals surface area (Å²) in [6.45, 7) is 2.08. The Labute approximate surface area is 200 Å². The molecule has 0 N–H and O–H groups in total. The number of likely N-dealkylation sites (N-methyl/N-ethyl adjacent to an activating group) is 1. The van der Waals surface area contributed by atoms with Crippen LogP contribution in [0.5, 0.6) is 0 Å². The summed E-state index contributed by atoms with van der Waals surface area (Å²) in [5.41, 5.74) is 3.56. The van der Waals surface area contributed by atoms with Gasteiger partial charge < -0.3 is 4.90 Å². The second-order valence-electron chi connectivity index (χ2n) is 9.69. The van der Waals surface area contributed by atoms with Crippen LogP contribution in [0, 0.1) is 5.92 Å². The van der Waals surface area contributed by atoms with Crippen LogP contribution < -0.4 is 4.90 Å². The molecule has 2 atom stereocenters. The summed E-state index contributed by atoms with van der Waals surface area (Å²) in [4.78, 5) is 4.75. The van der Waals surface area contributed by atoms with E-state index in [9.17, 15) is 13.2 Å². The molecule has 0 unspecified atom stereocenters. The van der Waals surface area contributed by atoms with Crippen molar-refractivity contribution in [3.63, 3.8) is 0 Å². The molecule has 3 fully saturated rings. The second kappa shape index (κ2) is 9.46. The fourth-order valence-electron chi connectivity index (χ4n) is 6.30. The van der Waals surface area contributed by atoms with Crippen LogP contribution in [0.25, 0.3) is 0 Å². The van der Waals surface area contributed by atoms with Crippen molar-refractivity contribution < 1.29 is 13.2 Å². The van der Waals surface area contributed by atoms with E-state index >= 15 is 0 Å². The number of hydrogen-bond donors (Lipinski definition) is 0. The number of nitrogens with zero attached hydrogens (tertiary/aromatic N) is 2. The molecule has 2 nitrogen and oxygen atoms in total. The molecule has 0 amide bonds. The largest absolute Gasteiger partial charge is 0.393 e. The normalized spacial score (nSPS) is 24.4. The van der Waals surface area contributed by atoms with Gasteiger partial charge >= 0.3 is 6.18 Å². The van der Waals surface area contributed by atoms with Crippen molar-refractivity contribution in [2.75, 3.05) is 25.0 Å². The first-order valence-electron chi connectivity index (χ1n) is 12.1. The van der Waals surface area contributed by atoms with E-state index in [4.69, 9.17) is 0 Å². The second-order valence-corrected chi connectivity index (χ2v) is 9.69. The number of halogens is 3. The lowest BCUT2D eigenvalue weighted by Crippen LogP contribution is -2.65. The van der Waals surface area contributed by atoms with Crippen molar-refractivity contribution in [2.24, 2.45) is 5.92 Å². The Morgan fingerprint density at radius 2 is 1.35 bits per heavy atom. The number of hydrogen-bond acceptors (Lipinski definition) is 2. The lowest BCUT2D eigenvalue weighted by molar-refractivity contribution is -0.127. The minimum absolute atomic E-state index is 0.127. The van der Waals surface area contributed by atoms with Crippen LogP contribution in [0.1, 0.15) is 35.4 Å². The van der Waals surface area contributed by atoms with E-state index < -0.39 is 12.6 Å². The molecule has 34 heavy (non-hydrogen) atoms. The Hall–Kier alpha value is -2.79. The van der Waals surface area contributed by atoms with Gasteiger partial charge in [-0.3, -0.25) is 4.90 Å². The van der Waals surface area contributed by atoms with Crippen molar-refractivity contribution in [3.05, 3.63) is 102 Å².